The molecule has 0 heterocycles. The van der Waals surface area contributed by atoms with Crippen molar-refractivity contribution in [2.45, 2.75) is 22.8 Å². The fraction of sp³-hybridized carbons (Fsp3) is 0.222. The summed E-state index contributed by atoms with van der Waals surface area (Å²) in [5, 5.41) is 9.11. The standard InChI is InChI=1S/C18H17Cl4N3OS/c19-13-7-4-8-14(11-13)23-17(27)25-16(18(20,21)22)24-15(26)10-9-12-5-2-1-3-6-12/h1-8,11,16H,9-10H2,(H,24,26)(H2,23,25,27)/t16-/m1/s1. The third-order valence-corrected chi connectivity index (χ3v) is 4.58. The van der Waals surface area contributed by atoms with Gasteiger partial charge in [0.05, 0.1) is 0 Å². The van der Waals surface area contributed by atoms with E-state index in [2.05, 4.69) is 16.0 Å². The number of thiocarbonyl (C=S) groups is 1. The van der Waals surface area contributed by atoms with Crippen molar-refractivity contribution in [3.05, 3.63) is 65.2 Å². The maximum absolute atomic E-state index is 12.2. The number of aryl methyl sites for hydroxylation is 1. The van der Waals surface area contributed by atoms with Gasteiger partial charge in [-0.1, -0.05) is 82.8 Å². The molecule has 0 aromatic heterocycles. The predicted molar refractivity (Wildman–Crippen MR) is 118 cm³/mol. The van der Waals surface area contributed by atoms with E-state index in [-0.39, 0.29) is 17.4 Å². The number of amides is 1. The number of hydrogen-bond donors (Lipinski definition) is 3. The summed E-state index contributed by atoms with van der Waals surface area (Å²) in [4.78, 5) is 12.2. The Morgan fingerprint density at radius 1 is 1.04 bits per heavy atom. The van der Waals surface area contributed by atoms with Crippen LogP contribution in [0.1, 0.15) is 12.0 Å². The van der Waals surface area contributed by atoms with Crippen LogP contribution in [0, 0.1) is 0 Å². The number of alkyl halides is 3. The molecule has 0 radical (unpaired) electrons. The minimum absolute atomic E-state index is 0.178. The van der Waals surface area contributed by atoms with Gasteiger partial charge in [-0.2, -0.15) is 0 Å². The lowest BCUT2D eigenvalue weighted by molar-refractivity contribution is -0.121. The molecule has 0 aliphatic heterocycles. The first-order valence-corrected chi connectivity index (χ1v) is 9.89. The Kier molecular flexibility index (Phi) is 8.45. The number of benzene rings is 2. The van der Waals surface area contributed by atoms with E-state index in [1.54, 1.807) is 24.3 Å². The topological polar surface area (TPSA) is 53.2 Å². The molecule has 144 valence electrons. The Balaban J connectivity index is 1.92. The zero-order valence-electron chi connectivity index (χ0n) is 14.0. The number of rotatable bonds is 6. The van der Waals surface area contributed by atoms with Gasteiger partial charge in [0.25, 0.3) is 0 Å². The molecule has 2 aromatic carbocycles. The molecular formula is C18H17Cl4N3OS. The zero-order valence-corrected chi connectivity index (χ0v) is 17.9. The second kappa shape index (κ2) is 10.3. The number of carbonyl (C=O) groups is 1. The fourth-order valence-electron chi connectivity index (χ4n) is 2.20. The summed E-state index contributed by atoms with van der Waals surface area (Å²) >= 11 is 29.1. The van der Waals surface area contributed by atoms with Crippen molar-refractivity contribution < 1.29 is 4.79 Å². The van der Waals surface area contributed by atoms with E-state index < -0.39 is 9.96 Å². The van der Waals surface area contributed by atoms with Crippen LogP contribution in [0.15, 0.2) is 54.6 Å². The number of hydrogen-bond acceptors (Lipinski definition) is 2. The first-order chi connectivity index (χ1) is 12.7. The average Bonchev–Trinajstić information content (AvgIpc) is 2.59. The first kappa shape index (κ1) is 22.1. The Bertz CT molecular complexity index is 784. The van der Waals surface area contributed by atoms with Crippen molar-refractivity contribution in [2.75, 3.05) is 5.32 Å². The molecule has 1 amide bonds. The van der Waals surface area contributed by atoms with Crippen molar-refractivity contribution in [3.63, 3.8) is 0 Å². The van der Waals surface area contributed by atoms with Gasteiger partial charge < -0.3 is 16.0 Å². The molecule has 0 fully saturated rings. The summed E-state index contributed by atoms with van der Waals surface area (Å²) in [6.07, 6.45) is -0.188. The van der Waals surface area contributed by atoms with Gasteiger partial charge >= 0.3 is 0 Å². The van der Waals surface area contributed by atoms with Crippen LogP contribution in [0.5, 0.6) is 0 Å². The highest BCUT2D eigenvalue weighted by atomic mass is 35.6. The normalized spacial score (nSPS) is 12.1. The van der Waals surface area contributed by atoms with Crippen LogP contribution in [0.25, 0.3) is 0 Å². The molecule has 4 nitrogen and oxygen atoms in total. The predicted octanol–water partition coefficient (Wildman–Crippen LogP) is 5.07. The van der Waals surface area contributed by atoms with Crippen molar-refractivity contribution in [2.24, 2.45) is 0 Å². The van der Waals surface area contributed by atoms with Crippen LogP contribution in [-0.4, -0.2) is 21.0 Å². The third kappa shape index (κ3) is 8.11. The minimum Gasteiger partial charge on any atom is -0.339 e. The molecule has 1 atom stereocenters. The van der Waals surface area contributed by atoms with E-state index >= 15 is 0 Å². The summed E-state index contributed by atoms with van der Waals surface area (Å²) < 4.78 is -1.80. The Labute approximate surface area is 183 Å². The largest absolute Gasteiger partial charge is 0.339 e. The van der Waals surface area contributed by atoms with Gasteiger partial charge in [-0.3, -0.25) is 4.79 Å². The maximum atomic E-state index is 12.2. The van der Waals surface area contributed by atoms with Crippen molar-refractivity contribution in [1.82, 2.24) is 10.6 Å². The molecule has 3 N–H and O–H groups in total. The van der Waals surface area contributed by atoms with Crippen LogP contribution in [0.3, 0.4) is 0 Å². The molecule has 27 heavy (non-hydrogen) atoms. The van der Waals surface area contributed by atoms with E-state index in [1.807, 2.05) is 30.3 Å². The number of anilines is 1. The lowest BCUT2D eigenvalue weighted by Gasteiger charge is -2.27. The molecule has 0 aliphatic carbocycles. The molecule has 9 heteroatoms. The highest BCUT2D eigenvalue weighted by molar-refractivity contribution is 7.80. The van der Waals surface area contributed by atoms with E-state index in [0.717, 1.165) is 5.56 Å². The van der Waals surface area contributed by atoms with Crippen LogP contribution >= 0.6 is 58.6 Å². The van der Waals surface area contributed by atoms with Crippen LogP contribution in [0.2, 0.25) is 5.02 Å². The quantitative estimate of drug-likeness (QED) is 0.317. The van der Waals surface area contributed by atoms with E-state index in [4.69, 9.17) is 58.6 Å². The van der Waals surface area contributed by atoms with E-state index in [0.29, 0.717) is 17.1 Å². The number of nitrogens with one attached hydrogen (secondary N) is 3. The SMILES string of the molecule is O=C(CCc1ccccc1)N[C@H](NC(=S)Nc1cccc(Cl)c1)C(Cl)(Cl)Cl. The molecule has 0 unspecified atom stereocenters. The molecule has 0 saturated carbocycles. The maximum Gasteiger partial charge on any atom is 0.228 e. The summed E-state index contributed by atoms with van der Waals surface area (Å²) in [7, 11) is 0. The van der Waals surface area contributed by atoms with Crippen LogP contribution in [-0.2, 0) is 11.2 Å². The Hall–Kier alpha value is -1.24. The van der Waals surface area contributed by atoms with Crippen molar-refractivity contribution in [1.29, 1.82) is 0 Å². The van der Waals surface area contributed by atoms with Crippen molar-refractivity contribution in [3.8, 4) is 0 Å². The summed E-state index contributed by atoms with van der Waals surface area (Å²) in [6.45, 7) is 0. The first-order valence-electron chi connectivity index (χ1n) is 7.97. The van der Waals surface area contributed by atoms with Crippen LogP contribution < -0.4 is 16.0 Å². The van der Waals surface area contributed by atoms with Gasteiger partial charge in [0.15, 0.2) is 5.11 Å². The van der Waals surface area contributed by atoms with Crippen LogP contribution in [0.4, 0.5) is 5.69 Å². The zero-order chi connectivity index (χ0) is 19.9. The fourth-order valence-corrected chi connectivity index (χ4v) is 2.95. The summed E-state index contributed by atoms with van der Waals surface area (Å²) in [6, 6.07) is 16.6. The molecule has 2 rings (SSSR count). The smallest absolute Gasteiger partial charge is 0.228 e. The number of halogens is 4. The second-order valence-electron chi connectivity index (χ2n) is 5.64. The Morgan fingerprint density at radius 2 is 1.74 bits per heavy atom. The molecule has 2 aromatic rings. The molecule has 0 spiro atoms. The Morgan fingerprint density at radius 3 is 2.37 bits per heavy atom. The van der Waals surface area contributed by atoms with Gasteiger partial charge in [0, 0.05) is 17.1 Å². The van der Waals surface area contributed by atoms with Gasteiger partial charge in [0.1, 0.15) is 6.17 Å². The van der Waals surface area contributed by atoms with E-state index in [9.17, 15) is 4.79 Å². The molecule has 0 saturated heterocycles. The molecular weight excluding hydrogens is 448 g/mol. The molecule has 0 aliphatic rings. The van der Waals surface area contributed by atoms with Gasteiger partial charge in [-0.05, 0) is 42.4 Å². The monoisotopic (exact) mass is 463 g/mol. The highest BCUT2D eigenvalue weighted by Gasteiger charge is 2.34. The van der Waals surface area contributed by atoms with Crippen molar-refractivity contribution >= 4 is 75.3 Å². The second-order valence-corrected chi connectivity index (χ2v) is 8.85. The van der Waals surface area contributed by atoms with Gasteiger partial charge in [0.2, 0.25) is 9.70 Å². The van der Waals surface area contributed by atoms with Gasteiger partial charge in [-0.15, -0.1) is 0 Å². The summed E-state index contributed by atoms with van der Waals surface area (Å²) in [5.41, 5.74) is 1.71. The number of carbonyl (C=O) groups excluding carboxylic acids is 1. The van der Waals surface area contributed by atoms with Gasteiger partial charge in [-0.25, -0.2) is 0 Å². The lowest BCUT2D eigenvalue weighted by Crippen LogP contribution is -2.56. The third-order valence-electron chi connectivity index (χ3n) is 3.47. The summed E-state index contributed by atoms with van der Waals surface area (Å²) in [5.74, 6) is -0.270. The molecule has 0 bridgehead atoms. The van der Waals surface area contributed by atoms with E-state index in [1.165, 1.54) is 0 Å². The minimum atomic E-state index is -1.80. The highest BCUT2D eigenvalue weighted by Crippen LogP contribution is 2.29. The lowest BCUT2D eigenvalue weighted by atomic mass is 10.1. The average molecular weight is 465 g/mol.